The summed E-state index contributed by atoms with van der Waals surface area (Å²) >= 11 is 0. The van der Waals surface area contributed by atoms with Crippen LogP contribution in [0.4, 0.5) is 0 Å². The predicted octanol–water partition coefficient (Wildman–Crippen LogP) is 1.79. The fourth-order valence-electron chi connectivity index (χ4n) is 2.15. The summed E-state index contributed by atoms with van der Waals surface area (Å²) < 4.78 is 0. The maximum atomic E-state index is 11.7. The van der Waals surface area contributed by atoms with Gasteiger partial charge in [-0.05, 0) is 18.8 Å². The number of carbonyl (C=O) groups excluding carboxylic acids is 1. The lowest BCUT2D eigenvalue weighted by atomic mass is 9.89. The Balaban J connectivity index is 1.79. The van der Waals surface area contributed by atoms with Crippen molar-refractivity contribution in [2.45, 2.75) is 32.1 Å². The Morgan fingerprint density at radius 1 is 1.25 bits per heavy atom. The quantitative estimate of drug-likeness (QED) is 0.843. The van der Waals surface area contributed by atoms with E-state index in [1.165, 1.54) is 38.4 Å². The summed E-state index contributed by atoms with van der Waals surface area (Å²) in [6.45, 7) is 0.785. The van der Waals surface area contributed by atoms with Crippen LogP contribution in [0.1, 0.15) is 42.5 Å². The molecule has 1 aliphatic rings. The summed E-state index contributed by atoms with van der Waals surface area (Å²) in [5.41, 5.74) is 0.540. The first-order chi connectivity index (χ1) is 7.86. The monoisotopic (exact) mass is 219 g/mol. The molecule has 86 valence electrons. The lowest BCUT2D eigenvalue weighted by Crippen LogP contribution is -2.30. The number of carbonyl (C=O) groups is 1. The van der Waals surface area contributed by atoms with Gasteiger partial charge in [0.2, 0.25) is 0 Å². The smallest absolute Gasteiger partial charge is 0.254 e. The van der Waals surface area contributed by atoms with Crippen molar-refractivity contribution < 1.29 is 4.79 Å². The van der Waals surface area contributed by atoms with E-state index in [1.54, 1.807) is 12.4 Å². The Bertz CT molecular complexity index is 333. The van der Waals surface area contributed by atoms with Crippen molar-refractivity contribution in [3.63, 3.8) is 0 Å². The van der Waals surface area contributed by atoms with Gasteiger partial charge >= 0.3 is 0 Å². The van der Waals surface area contributed by atoms with Gasteiger partial charge in [0.15, 0.2) is 0 Å². The largest absolute Gasteiger partial charge is 0.352 e. The van der Waals surface area contributed by atoms with Gasteiger partial charge < -0.3 is 5.32 Å². The zero-order valence-electron chi connectivity index (χ0n) is 9.35. The summed E-state index contributed by atoms with van der Waals surface area (Å²) in [7, 11) is 0. The first-order valence-electron chi connectivity index (χ1n) is 5.89. The van der Waals surface area contributed by atoms with E-state index in [4.69, 9.17) is 0 Å². The maximum Gasteiger partial charge on any atom is 0.254 e. The normalized spacial score (nSPS) is 17.0. The molecule has 1 amide bonds. The Hall–Kier alpha value is -1.45. The summed E-state index contributed by atoms with van der Waals surface area (Å²) in [5.74, 6) is 0.591. The van der Waals surface area contributed by atoms with Gasteiger partial charge in [-0.15, -0.1) is 0 Å². The molecule has 0 radical (unpaired) electrons. The third-order valence-electron chi connectivity index (χ3n) is 3.10. The Labute approximate surface area is 95.5 Å². The minimum Gasteiger partial charge on any atom is -0.352 e. The second-order valence-electron chi connectivity index (χ2n) is 4.34. The molecular weight excluding hydrogens is 202 g/mol. The molecule has 1 saturated carbocycles. The summed E-state index contributed by atoms with van der Waals surface area (Å²) in [5, 5.41) is 2.95. The molecule has 1 heterocycles. The van der Waals surface area contributed by atoms with Crippen molar-refractivity contribution in [1.82, 2.24) is 15.3 Å². The zero-order chi connectivity index (χ0) is 11.2. The van der Waals surface area contributed by atoms with E-state index in [9.17, 15) is 4.79 Å². The lowest BCUT2D eigenvalue weighted by Gasteiger charge is -2.21. The molecule has 16 heavy (non-hydrogen) atoms. The molecule has 1 aliphatic carbocycles. The SMILES string of the molecule is O=C(NCC1CCCCC1)c1cncnc1. The van der Waals surface area contributed by atoms with Crippen molar-refractivity contribution in [2.75, 3.05) is 6.54 Å². The lowest BCUT2D eigenvalue weighted by molar-refractivity contribution is 0.0943. The molecule has 0 saturated heterocycles. The molecule has 0 bridgehead atoms. The fraction of sp³-hybridized carbons (Fsp3) is 0.583. The van der Waals surface area contributed by atoms with Gasteiger partial charge in [0, 0.05) is 18.9 Å². The van der Waals surface area contributed by atoms with Crippen LogP contribution < -0.4 is 5.32 Å². The number of amides is 1. The molecule has 4 nitrogen and oxygen atoms in total. The Morgan fingerprint density at radius 3 is 2.62 bits per heavy atom. The van der Waals surface area contributed by atoms with Crippen LogP contribution in [-0.4, -0.2) is 22.4 Å². The van der Waals surface area contributed by atoms with Crippen LogP contribution in [0.25, 0.3) is 0 Å². The van der Waals surface area contributed by atoms with Crippen LogP contribution in [0.3, 0.4) is 0 Å². The van der Waals surface area contributed by atoms with Gasteiger partial charge in [-0.1, -0.05) is 19.3 Å². The van der Waals surface area contributed by atoms with E-state index in [-0.39, 0.29) is 5.91 Å². The van der Waals surface area contributed by atoms with Crippen LogP contribution in [-0.2, 0) is 0 Å². The van der Waals surface area contributed by atoms with Crippen LogP contribution in [0.2, 0.25) is 0 Å². The minimum absolute atomic E-state index is 0.0637. The van der Waals surface area contributed by atoms with E-state index in [2.05, 4.69) is 15.3 Å². The first-order valence-corrected chi connectivity index (χ1v) is 5.89. The molecule has 0 aromatic carbocycles. The summed E-state index contributed by atoms with van der Waals surface area (Å²) in [4.78, 5) is 19.4. The highest BCUT2D eigenvalue weighted by molar-refractivity contribution is 5.93. The zero-order valence-corrected chi connectivity index (χ0v) is 9.35. The number of hydrogen-bond acceptors (Lipinski definition) is 3. The third-order valence-corrected chi connectivity index (χ3v) is 3.10. The second-order valence-corrected chi connectivity index (χ2v) is 4.34. The van der Waals surface area contributed by atoms with Gasteiger partial charge in [0.25, 0.3) is 5.91 Å². The highest BCUT2D eigenvalue weighted by Gasteiger charge is 2.14. The molecule has 0 atom stereocenters. The Morgan fingerprint density at radius 2 is 1.94 bits per heavy atom. The van der Waals surface area contributed by atoms with Crippen LogP contribution >= 0.6 is 0 Å². The topological polar surface area (TPSA) is 54.9 Å². The molecule has 0 spiro atoms. The third kappa shape index (κ3) is 3.02. The van der Waals surface area contributed by atoms with Crippen LogP contribution in [0.5, 0.6) is 0 Å². The van der Waals surface area contributed by atoms with Gasteiger partial charge in [0.05, 0.1) is 5.56 Å². The van der Waals surface area contributed by atoms with Gasteiger partial charge in [-0.2, -0.15) is 0 Å². The van der Waals surface area contributed by atoms with Gasteiger partial charge in [0.1, 0.15) is 6.33 Å². The number of nitrogens with zero attached hydrogens (tertiary/aromatic N) is 2. The van der Waals surface area contributed by atoms with Crippen molar-refractivity contribution in [2.24, 2.45) is 5.92 Å². The van der Waals surface area contributed by atoms with Crippen molar-refractivity contribution in [3.05, 3.63) is 24.3 Å². The maximum absolute atomic E-state index is 11.7. The van der Waals surface area contributed by atoms with E-state index in [0.29, 0.717) is 11.5 Å². The Kier molecular flexibility index (Phi) is 3.86. The van der Waals surface area contributed by atoms with Crippen molar-refractivity contribution >= 4 is 5.91 Å². The molecule has 1 fully saturated rings. The highest BCUT2D eigenvalue weighted by Crippen LogP contribution is 2.22. The summed E-state index contributed by atoms with van der Waals surface area (Å²) in [6, 6.07) is 0. The standard InChI is InChI=1S/C12H17N3O/c16-12(11-7-13-9-14-8-11)15-6-10-4-2-1-3-5-10/h7-10H,1-6H2,(H,15,16). The van der Waals surface area contributed by atoms with E-state index in [0.717, 1.165) is 6.54 Å². The average Bonchev–Trinajstić information content (AvgIpc) is 2.38. The number of rotatable bonds is 3. The molecule has 0 aliphatic heterocycles. The molecule has 1 N–H and O–H groups in total. The average molecular weight is 219 g/mol. The molecular formula is C12H17N3O. The van der Waals surface area contributed by atoms with Crippen molar-refractivity contribution in [3.8, 4) is 0 Å². The molecule has 1 aromatic rings. The van der Waals surface area contributed by atoms with E-state index in [1.807, 2.05) is 0 Å². The van der Waals surface area contributed by atoms with Crippen LogP contribution in [0.15, 0.2) is 18.7 Å². The molecule has 1 aromatic heterocycles. The van der Waals surface area contributed by atoms with Crippen LogP contribution in [0, 0.1) is 5.92 Å². The fourth-order valence-corrected chi connectivity index (χ4v) is 2.15. The number of nitrogens with one attached hydrogen (secondary N) is 1. The van der Waals surface area contributed by atoms with Gasteiger partial charge in [-0.3, -0.25) is 4.79 Å². The molecule has 0 unspecified atom stereocenters. The minimum atomic E-state index is -0.0637. The summed E-state index contributed by atoms with van der Waals surface area (Å²) in [6.07, 6.45) is 10.9. The molecule has 2 rings (SSSR count). The van der Waals surface area contributed by atoms with Crippen molar-refractivity contribution in [1.29, 1.82) is 0 Å². The predicted molar refractivity (Wildman–Crippen MR) is 60.9 cm³/mol. The molecule has 4 heteroatoms. The van der Waals surface area contributed by atoms with E-state index < -0.39 is 0 Å². The van der Waals surface area contributed by atoms with Gasteiger partial charge in [-0.25, -0.2) is 9.97 Å². The number of aromatic nitrogens is 2. The second kappa shape index (κ2) is 5.58. The van der Waals surface area contributed by atoms with E-state index >= 15 is 0 Å². The highest BCUT2D eigenvalue weighted by atomic mass is 16.1. The number of hydrogen-bond donors (Lipinski definition) is 1. The first kappa shape index (κ1) is 11.0.